The summed E-state index contributed by atoms with van der Waals surface area (Å²) in [5.41, 5.74) is 5.45. The predicted molar refractivity (Wildman–Crippen MR) is 55.7 cm³/mol. The van der Waals surface area contributed by atoms with E-state index in [1.165, 1.54) is 0 Å². The molecule has 0 rings (SSSR count). The molecule has 0 saturated carbocycles. The maximum atomic E-state index is 12.2. The molecule has 1 atom stereocenters. The molecule has 6 heteroatoms. The summed E-state index contributed by atoms with van der Waals surface area (Å²) < 4.78 is 36.7. The van der Waals surface area contributed by atoms with Crippen LogP contribution in [0.15, 0.2) is 0 Å². The van der Waals surface area contributed by atoms with Gasteiger partial charge in [-0.3, -0.25) is 4.79 Å². The topological polar surface area (TPSA) is 46.3 Å². The van der Waals surface area contributed by atoms with Gasteiger partial charge in [0.25, 0.3) is 0 Å². The Balaban J connectivity index is 4.60. The zero-order valence-corrected chi connectivity index (χ0v) is 9.84. The highest BCUT2D eigenvalue weighted by Crippen LogP contribution is 2.18. The second-order valence-electron chi connectivity index (χ2n) is 4.24. The summed E-state index contributed by atoms with van der Waals surface area (Å²) >= 11 is 0. The summed E-state index contributed by atoms with van der Waals surface area (Å²) in [6.45, 7) is 4.04. The molecule has 0 bridgehead atoms. The Hall–Kier alpha value is -0.780. The monoisotopic (exact) mass is 240 g/mol. The van der Waals surface area contributed by atoms with Crippen LogP contribution >= 0.6 is 0 Å². The summed E-state index contributed by atoms with van der Waals surface area (Å²) in [6.07, 6.45) is -4.04. The summed E-state index contributed by atoms with van der Waals surface area (Å²) in [6, 6.07) is -0.846. The van der Waals surface area contributed by atoms with Crippen LogP contribution in [0.1, 0.15) is 27.2 Å². The molecule has 0 unspecified atom stereocenters. The number of carbonyl (C=O) groups excluding carboxylic acids is 1. The fourth-order valence-corrected chi connectivity index (χ4v) is 1.30. The van der Waals surface area contributed by atoms with Crippen molar-refractivity contribution in [1.82, 2.24) is 4.90 Å². The second kappa shape index (κ2) is 6.08. The van der Waals surface area contributed by atoms with Crippen LogP contribution in [0.5, 0.6) is 0 Å². The average molecular weight is 240 g/mol. The first-order chi connectivity index (χ1) is 7.17. The van der Waals surface area contributed by atoms with E-state index in [0.717, 1.165) is 4.90 Å². The Morgan fingerprint density at radius 2 is 1.88 bits per heavy atom. The van der Waals surface area contributed by atoms with E-state index in [2.05, 4.69) is 0 Å². The minimum Gasteiger partial charge on any atom is -0.332 e. The van der Waals surface area contributed by atoms with Crippen molar-refractivity contribution in [2.45, 2.75) is 39.4 Å². The van der Waals surface area contributed by atoms with Gasteiger partial charge in [0.2, 0.25) is 5.91 Å². The van der Waals surface area contributed by atoms with Crippen molar-refractivity contribution in [2.24, 2.45) is 11.7 Å². The third kappa shape index (κ3) is 5.95. The fraction of sp³-hybridized carbons (Fsp3) is 0.900. The summed E-state index contributed by atoms with van der Waals surface area (Å²) in [7, 11) is 0. The lowest BCUT2D eigenvalue weighted by molar-refractivity contribution is -0.163. The Labute approximate surface area is 93.8 Å². The highest BCUT2D eigenvalue weighted by Gasteiger charge is 2.34. The standard InChI is InChI=1S/C10H19F3N2O/c1-4-8(14)9(16)15(5-7(2)3)6-10(11,12)13/h7-8H,4-6,14H2,1-3H3/t8-/m0/s1. The molecule has 0 aliphatic carbocycles. The first-order valence-corrected chi connectivity index (χ1v) is 5.28. The molecular formula is C10H19F3N2O. The van der Waals surface area contributed by atoms with Crippen molar-refractivity contribution in [3.63, 3.8) is 0 Å². The van der Waals surface area contributed by atoms with Gasteiger partial charge < -0.3 is 10.6 Å². The van der Waals surface area contributed by atoms with Crippen LogP contribution in [0, 0.1) is 5.92 Å². The Morgan fingerprint density at radius 3 is 2.19 bits per heavy atom. The van der Waals surface area contributed by atoms with Crippen molar-refractivity contribution in [2.75, 3.05) is 13.1 Å². The molecule has 0 radical (unpaired) electrons. The van der Waals surface area contributed by atoms with Crippen molar-refractivity contribution in [3.8, 4) is 0 Å². The first-order valence-electron chi connectivity index (χ1n) is 5.28. The van der Waals surface area contributed by atoms with E-state index in [1.54, 1.807) is 20.8 Å². The van der Waals surface area contributed by atoms with E-state index < -0.39 is 24.7 Å². The van der Waals surface area contributed by atoms with Crippen molar-refractivity contribution in [1.29, 1.82) is 0 Å². The molecule has 0 heterocycles. The van der Waals surface area contributed by atoms with E-state index in [4.69, 9.17) is 5.73 Å². The molecule has 1 amide bonds. The largest absolute Gasteiger partial charge is 0.406 e. The summed E-state index contributed by atoms with van der Waals surface area (Å²) in [5, 5.41) is 0. The number of rotatable bonds is 5. The van der Waals surface area contributed by atoms with Crippen LogP contribution in [-0.2, 0) is 4.79 Å². The molecule has 0 aromatic rings. The molecule has 0 aromatic carbocycles. The number of halogens is 3. The Kier molecular flexibility index (Phi) is 5.78. The maximum Gasteiger partial charge on any atom is 0.406 e. The third-order valence-corrected chi connectivity index (χ3v) is 2.02. The SMILES string of the molecule is CC[C@H](N)C(=O)N(CC(C)C)CC(F)(F)F. The molecule has 2 N–H and O–H groups in total. The number of alkyl halides is 3. The molecular weight excluding hydrogens is 221 g/mol. The predicted octanol–water partition coefficient (Wildman–Crippen LogP) is 1.77. The highest BCUT2D eigenvalue weighted by molar-refractivity contribution is 5.81. The summed E-state index contributed by atoms with van der Waals surface area (Å²) in [4.78, 5) is 12.4. The molecule has 96 valence electrons. The molecule has 0 aliphatic heterocycles. The normalized spacial score (nSPS) is 14.0. The van der Waals surface area contributed by atoms with E-state index in [9.17, 15) is 18.0 Å². The molecule has 0 saturated heterocycles. The zero-order chi connectivity index (χ0) is 12.9. The second-order valence-corrected chi connectivity index (χ2v) is 4.24. The number of nitrogens with zero attached hydrogens (tertiary/aromatic N) is 1. The van der Waals surface area contributed by atoms with Crippen LogP contribution < -0.4 is 5.73 Å². The van der Waals surface area contributed by atoms with Crippen LogP contribution in [0.25, 0.3) is 0 Å². The van der Waals surface area contributed by atoms with E-state index in [-0.39, 0.29) is 12.5 Å². The quantitative estimate of drug-likeness (QED) is 0.796. The van der Waals surface area contributed by atoms with E-state index in [1.807, 2.05) is 0 Å². The highest BCUT2D eigenvalue weighted by atomic mass is 19.4. The minimum atomic E-state index is -4.38. The molecule has 0 aliphatic rings. The molecule has 0 spiro atoms. The van der Waals surface area contributed by atoms with Crippen LogP contribution in [0.2, 0.25) is 0 Å². The van der Waals surface area contributed by atoms with Gasteiger partial charge in [0.15, 0.2) is 0 Å². The fourth-order valence-electron chi connectivity index (χ4n) is 1.30. The first kappa shape index (κ1) is 15.2. The smallest absolute Gasteiger partial charge is 0.332 e. The van der Waals surface area contributed by atoms with Gasteiger partial charge in [-0.2, -0.15) is 13.2 Å². The molecule has 16 heavy (non-hydrogen) atoms. The number of hydrogen-bond donors (Lipinski definition) is 1. The number of hydrogen-bond acceptors (Lipinski definition) is 2. The van der Waals surface area contributed by atoms with Crippen LogP contribution in [-0.4, -0.2) is 36.1 Å². The molecule has 0 fully saturated rings. The van der Waals surface area contributed by atoms with E-state index >= 15 is 0 Å². The number of nitrogens with two attached hydrogens (primary N) is 1. The summed E-state index contributed by atoms with van der Waals surface area (Å²) in [5.74, 6) is -0.649. The molecule has 0 aromatic heterocycles. The van der Waals surface area contributed by atoms with Gasteiger partial charge in [-0.1, -0.05) is 20.8 Å². The van der Waals surface area contributed by atoms with Gasteiger partial charge in [0.05, 0.1) is 6.04 Å². The van der Waals surface area contributed by atoms with Crippen molar-refractivity contribution < 1.29 is 18.0 Å². The Morgan fingerprint density at radius 1 is 1.38 bits per heavy atom. The van der Waals surface area contributed by atoms with E-state index in [0.29, 0.717) is 6.42 Å². The Bertz CT molecular complexity index is 229. The van der Waals surface area contributed by atoms with Crippen LogP contribution in [0.3, 0.4) is 0 Å². The number of amides is 1. The van der Waals surface area contributed by atoms with Crippen molar-refractivity contribution >= 4 is 5.91 Å². The zero-order valence-electron chi connectivity index (χ0n) is 9.84. The van der Waals surface area contributed by atoms with Gasteiger partial charge in [-0.15, -0.1) is 0 Å². The maximum absolute atomic E-state index is 12.2. The molecule has 3 nitrogen and oxygen atoms in total. The van der Waals surface area contributed by atoms with Gasteiger partial charge in [0, 0.05) is 6.54 Å². The lowest BCUT2D eigenvalue weighted by atomic mass is 10.1. The third-order valence-electron chi connectivity index (χ3n) is 2.02. The number of carbonyl (C=O) groups is 1. The van der Waals surface area contributed by atoms with Gasteiger partial charge in [0.1, 0.15) is 6.54 Å². The van der Waals surface area contributed by atoms with Crippen LogP contribution in [0.4, 0.5) is 13.2 Å². The minimum absolute atomic E-state index is 0.0182. The average Bonchev–Trinajstić information content (AvgIpc) is 2.11. The lowest BCUT2D eigenvalue weighted by Gasteiger charge is -2.27. The van der Waals surface area contributed by atoms with Crippen molar-refractivity contribution in [3.05, 3.63) is 0 Å². The van der Waals surface area contributed by atoms with Gasteiger partial charge >= 0.3 is 6.18 Å². The van der Waals surface area contributed by atoms with Gasteiger partial charge in [-0.05, 0) is 12.3 Å². The lowest BCUT2D eigenvalue weighted by Crippen LogP contribution is -2.48. The van der Waals surface area contributed by atoms with Gasteiger partial charge in [-0.25, -0.2) is 0 Å².